The Morgan fingerprint density at radius 2 is 1.86 bits per heavy atom. The van der Waals surface area contributed by atoms with E-state index in [-0.39, 0.29) is 0 Å². The van der Waals surface area contributed by atoms with Gasteiger partial charge in [0.1, 0.15) is 11.3 Å². The first-order valence-corrected chi connectivity index (χ1v) is 8.33. The fourth-order valence-electron chi connectivity index (χ4n) is 2.66. The van der Waals surface area contributed by atoms with Crippen molar-refractivity contribution < 1.29 is 4.42 Å². The van der Waals surface area contributed by atoms with E-state index < -0.39 is 0 Å². The number of furan rings is 1. The lowest BCUT2D eigenvalue weighted by molar-refractivity contribution is 0.491. The van der Waals surface area contributed by atoms with Crippen molar-refractivity contribution in [3.8, 4) is 0 Å². The molecule has 2 aromatic rings. The van der Waals surface area contributed by atoms with Crippen molar-refractivity contribution in [1.29, 1.82) is 0 Å². The van der Waals surface area contributed by atoms with E-state index in [0.29, 0.717) is 5.92 Å². The van der Waals surface area contributed by atoms with Crippen LogP contribution in [0.1, 0.15) is 65.1 Å². The molecule has 0 saturated heterocycles. The molecule has 0 radical (unpaired) electrons. The zero-order valence-corrected chi connectivity index (χ0v) is 14.4. The molecule has 2 rings (SSSR count). The first-order chi connectivity index (χ1) is 10.6. The highest BCUT2D eigenvalue weighted by Crippen LogP contribution is 2.28. The Balaban J connectivity index is 1.84. The van der Waals surface area contributed by atoms with Crippen molar-refractivity contribution in [2.75, 3.05) is 0 Å². The molecule has 118 valence electrons. The third-order valence-electron chi connectivity index (χ3n) is 4.11. The van der Waals surface area contributed by atoms with Crippen LogP contribution in [0, 0.1) is 0 Å². The lowest BCUT2D eigenvalue weighted by Gasteiger charge is -2.06. The summed E-state index contributed by atoms with van der Waals surface area (Å²) in [6, 6.07) is 10.4. The molecule has 0 fully saturated rings. The van der Waals surface area contributed by atoms with Crippen LogP contribution in [0.25, 0.3) is 11.0 Å². The third-order valence-corrected chi connectivity index (χ3v) is 4.11. The molecular formula is C21H28O. The van der Waals surface area contributed by atoms with Gasteiger partial charge in [-0.25, -0.2) is 0 Å². The van der Waals surface area contributed by atoms with Gasteiger partial charge in [0.2, 0.25) is 0 Å². The van der Waals surface area contributed by atoms with Crippen LogP contribution in [0.15, 0.2) is 58.0 Å². The zero-order chi connectivity index (χ0) is 15.9. The quantitative estimate of drug-likeness (QED) is 0.501. The number of para-hydroxylation sites is 1. The molecular weight excluding hydrogens is 268 g/mol. The van der Waals surface area contributed by atoms with E-state index in [4.69, 9.17) is 4.42 Å². The van der Waals surface area contributed by atoms with Crippen LogP contribution in [0.2, 0.25) is 0 Å². The minimum atomic E-state index is 0.467. The molecule has 0 saturated carbocycles. The Morgan fingerprint density at radius 3 is 2.59 bits per heavy atom. The van der Waals surface area contributed by atoms with E-state index in [1.54, 1.807) is 0 Å². The van der Waals surface area contributed by atoms with E-state index in [2.05, 4.69) is 58.0 Å². The number of fused-ring (bicyclic) bond motifs is 1. The fourth-order valence-corrected chi connectivity index (χ4v) is 2.66. The number of benzene rings is 1. The average Bonchev–Trinajstić information content (AvgIpc) is 2.90. The van der Waals surface area contributed by atoms with Gasteiger partial charge >= 0.3 is 0 Å². The molecule has 22 heavy (non-hydrogen) atoms. The molecule has 0 bridgehead atoms. The SMILES string of the molecule is CC(C)=CCC/C(C)=C/CCC(C)c1cc2ccccc2o1. The van der Waals surface area contributed by atoms with Gasteiger partial charge in [-0.3, -0.25) is 0 Å². The Morgan fingerprint density at radius 1 is 1.09 bits per heavy atom. The predicted octanol–water partition coefficient (Wildman–Crippen LogP) is 7.01. The van der Waals surface area contributed by atoms with Crippen LogP contribution in [0.4, 0.5) is 0 Å². The highest BCUT2D eigenvalue weighted by Gasteiger charge is 2.10. The van der Waals surface area contributed by atoms with Crippen molar-refractivity contribution >= 4 is 11.0 Å². The Bertz CT molecular complexity index is 620. The predicted molar refractivity (Wildman–Crippen MR) is 96.3 cm³/mol. The second-order valence-corrected chi connectivity index (χ2v) is 6.54. The summed E-state index contributed by atoms with van der Waals surface area (Å²) < 4.78 is 5.95. The summed E-state index contributed by atoms with van der Waals surface area (Å²) in [6.45, 7) is 8.82. The summed E-state index contributed by atoms with van der Waals surface area (Å²) in [7, 11) is 0. The van der Waals surface area contributed by atoms with Gasteiger partial charge in [-0.2, -0.15) is 0 Å². The molecule has 0 N–H and O–H groups in total. The van der Waals surface area contributed by atoms with Crippen molar-refractivity contribution in [3.05, 3.63) is 59.4 Å². The fraction of sp³-hybridized carbons (Fsp3) is 0.429. The summed E-state index contributed by atoms with van der Waals surface area (Å²) in [5.74, 6) is 1.58. The molecule has 0 aliphatic rings. The third kappa shape index (κ3) is 4.91. The molecule has 1 aromatic carbocycles. The minimum Gasteiger partial charge on any atom is -0.461 e. The number of hydrogen-bond acceptors (Lipinski definition) is 1. The van der Waals surface area contributed by atoms with Gasteiger partial charge in [0, 0.05) is 11.3 Å². The van der Waals surface area contributed by atoms with Crippen LogP contribution >= 0.6 is 0 Å². The molecule has 1 unspecified atom stereocenters. The lowest BCUT2D eigenvalue weighted by Crippen LogP contribution is -1.90. The standard InChI is InChI=1S/C21H28O/c1-16(2)9-7-10-17(3)11-8-12-18(4)21-15-19-13-5-6-14-20(19)22-21/h5-6,9,11,13-15,18H,7-8,10,12H2,1-4H3/b17-11+. The van der Waals surface area contributed by atoms with E-state index in [9.17, 15) is 0 Å². The second-order valence-electron chi connectivity index (χ2n) is 6.54. The molecule has 1 heteroatoms. The van der Waals surface area contributed by atoms with Gasteiger partial charge in [0.25, 0.3) is 0 Å². The molecule has 1 heterocycles. The average molecular weight is 296 g/mol. The molecule has 0 aliphatic carbocycles. The zero-order valence-electron chi connectivity index (χ0n) is 14.4. The van der Waals surface area contributed by atoms with Gasteiger partial charge in [0.15, 0.2) is 0 Å². The van der Waals surface area contributed by atoms with E-state index >= 15 is 0 Å². The summed E-state index contributed by atoms with van der Waals surface area (Å²) >= 11 is 0. The van der Waals surface area contributed by atoms with Gasteiger partial charge in [-0.05, 0) is 58.6 Å². The monoisotopic (exact) mass is 296 g/mol. The summed E-state index contributed by atoms with van der Waals surface area (Å²) in [5.41, 5.74) is 3.90. The Hall–Kier alpha value is -1.76. The van der Waals surface area contributed by atoms with Crippen LogP contribution in [-0.2, 0) is 0 Å². The first kappa shape index (κ1) is 16.6. The van der Waals surface area contributed by atoms with E-state index in [0.717, 1.165) is 30.6 Å². The molecule has 1 aromatic heterocycles. The molecule has 1 nitrogen and oxygen atoms in total. The normalized spacial score (nSPS) is 13.4. The van der Waals surface area contributed by atoms with Crippen LogP contribution < -0.4 is 0 Å². The maximum atomic E-state index is 5.95. The molecule has 0 aliphatic heterocycles. The topological polar surface area (TPSA) is 13.1 Å². The molecule has 1 atom stereocenters. The van der Waals surface area contributed by atoms with Gasteiger partial charge in [-0.1, -0.05) is 48.4 Å². The maximum absolute atomic E-state index is 5.95. The number of allylic oxidation sites excluding steroid dienone is 4. The van der Waals surface area contributed by atoms with Crippen LogP contribution in [0.3, 0.4) is 0 Å². The molecule has 0 amide bonds. The van der Waals surface area contributed by atoms with E-state index in [1.807, 2.05) is 12.1 Å². The van der Waals surface area contributed by atoms with Crippen molar-refractivity contribution in [1.82, 2.24) is 0 Å². The second kappa shape index (κ2) is 8.03. The first-order valence-electron chi connectivity index (χ1n) is 8.33. The summed E-state index contributed by atoms with van der Waals surface area (Å²) in [4.78, 5) is 0. The summed E-state index contributed by atoms with van der Waals surface area (Å²) in [5, 5.41) is 1.21. The summed E-state index contributed by atoms with van der Waals surface area (Å²) in [6.07, 6.45) is 9.29. The number of hydrogen-bond donors (Lipinski definition) is 0. The smallest absolute Gasteiger partial charge is 0.134 e. The largest absolute Gasteiger partial charge is 0.461 e. The Labute approximate surface area is 134 Å². The van der Waals surface area contributed by atoms with Gasteiger partial charge in [0.05, 0.1) is 0 Å². The highest BCUT2D eigenvalue weighted by atomic mass is 16.3. The minimum absolute atomic E-state index is 0.467. The van der Waals surface area contributed by atoms with E-state index in [1.165, 1.54) is 23.0 Å². The van der Waals surface area contributed by atoms with Crippen LogP contribution in [-0.4, -0.2) is 0 Å². The van der Waals surface area contributed by atoms with Crippen molar-refractivity contribution in [3.63, 3.8) is 0 Å². The van der Waals surface area contributed by atoms with Gasteiger partial charge in [-0.15, -0.1) is 0 Å². The number of rotatable bonds is 7. The lowest BCUT2D eigenvalue weighted by atomic mass is 10.0. The van der Waals surface area contributed by atoms with Crippen LogP contribution in [0.5, 0.6) is 0 Å². The van der Waals surface area contributed by atoms with Gasteiger partial charge < -0.3 is 4.42 Å². The molecule has 0 spiro atoms. The maximum Gasteiger partial charge on any atom is 0.134 e. The highest BCUT2D eigenvalue weighted by molar-refractivity contribution is 5.77. The van der Waals surface area contributed by atoms with Crippen molar-refractivity contribution in [2.24, 2.45) is 0 Å². The van der Waals surface area contributed by atoms with Crippen molar-refractivity contribution in [2.45, 2.75) is 59.3 Å². The Kier molecular flexibility index (Phi) is 6.06.